The van der Waals surface area contributed by atoms with E-state index in [0.29, 0.717) is 18.7 Å². The van der Waals surface area contributed by atoms with Crippen molar-refractivity contribution in [3.05, 3.63) is 60.7 Å². The van der Waals surface area contributed by atoms with Crippen LogP contribution >= 0.6 is 12.4 Å². The van der Waals surface area contributed by atoms with E-state index in [-0.39, 0.29) is 24.3 Å². The van der Waals surface area contributed by atoms with E-state index in [9.17, 15) is 4.79 Å². The fourth-order valence-electron chi connectivity index (χ4n) is 2.58. The van der Waals surface area contributed by atoms with Crippen molar-refractivity contribution in [2.75, 3.05) is 0 Å². The van der Waals surface area contributed by atoms with Crippen LogP contribution in [0.1, 0.15) is 32.3 Å². The van der Waals surface area contributed by atoms with Crippen molar-refractivity contribution in [3.63, 3.8) is 0 Å². The lowest BCUT2D eigenvalue weighted by atomic mass is 10.0. The zero-order valence-electron chi connectivity index (χ0n) is 15.4. The van der Waals surface area contributed by atoms with Gasteiger partial charge in [-0.25, -0.2) is 14.5 Å². The molecule has 0 spiro atoms. The van der Waals surface area contributed by atoms with Crippen LogP contribution < -0.4 is 0 Å². The predicted octanol–water partition coefficient (Wildman–Crippen LogP) is 4.24. The van der Waals surface area contributed by atoms with Gasteiger partial charge in [0.05, 0.1) is 13.0 Å². The molecule has 0 aliphatic heterocycles. The first kappa shape index (κ1) is 20.6. The van der Waals surface area contributed by atoms with E-state index < -0.39 is 0 Å². The van der Waals surface area contributed by atoms with Crippen LogP contribution in [0, 0.1) is 5.92 Å². The number of nitrogens with zero attached hydrogens (tertiary/aromatic N) is 4. The van der Waals surface area contributed by atoms with Gasteiger partial charge in [0.2, 0.25) is 0 Å². The molecule has 0 saturated heterocycles. The minimum absolute atomic E-state index is 0. The van der Waals surface area contributed by atoms with Crippen LogP contribution in [0.5, 0.6) is 0 Å². The fraction of sp³-hybridized carbons (Fsp3) is 0.300. The first-order valence-corrected chi connectivity index (χ1v) is 8.74. The highest BCUT2D eigenvalue weighted by Crippen LogP contribution is 2.17. The van der Waals surface area contributed by atoms with Crippen molar-refractivity contribution in [1.29, 1.82) is 0 Å². The van der Waals surface area contributed by atoms with Gasteiger partial charge in [-0.05, 0) is 22.8 Å². The standard InChI is InChI=1S/C20H22N4O2.ClH/c1-3-15(2)10-20(25)26-23-19(12-24-14-21-13-22-24)18-9-8-16-6-4-5-7-17(16)11-18;/h4-9,11,13-15H,3,10,12H2,1-2H3;1H/b23-19+;. The van der Waals surface area contributed by atoms with E-state index in [0.717, 1.165) is 22.8 Å². The first-order valence-electron chi connectivity index (χ1n) is 8.74. The molecule has 6 nitrogen and oxygen atoms in total. The number of carbonyl (C=O) groups is 1. The Morgan fingerprint density at radius 2 is 2.00 bits per heavy atom. The van der Waals surface area contributed by atoms with E-state index in [1.807, 2.05) is 50.2 Å². The summed E-state index contributed by atoms with van der Waals surface area (Å²) in [6.07, 6.45) is 4.36. The Morgan fingerprint density at radius 3 is 2.70 bits per heavy atom. The van der Waals surface area contributed by atoms with Gasteiger partial charge in [0.1, 0.15) is 18.4 Å². The number of rotatable bonds is 7. The number of fused-ring (bicyclic) bond motifs is 1. The van der Waals surface area contributed by atoms with Gasteiger partial charge < -0.3 is 4.84 Å². The Bertz CT molecular complexity index is 909. The third-order valence-corrected chi connectivity index (χ3v) is 4.33. The van der Waals surface area contributed by atoms with Crippen LogP contribution in [0.3, 0.4) is 0 Å². The molecule has 142 valence electrons. The molecule has 1 aromatic heterocycles. The van der Waals surface area contributed by atoms with Crippen LogP contribution in [-0.4, -0.2) is 26.4 Å². The summed E-state index contributed by atoms with van der Waals surface area (Å²) < 4.78 is 1.65. The van der Waals surface area contributed by atoms with Gasteiger partial charge in [0.25, 0.3) is 0 Å². The molecule has 0 aliphatic rings. The molecule has 0 N–H and O–H groups in total. The highest BCUT2D eigenvalue weighted by Gasteiger charge is 2.12. The minimum Gasteiger partial charge on any atom is -0.318 e. The third-order valence-electron chi connectivity index (χ3n) is 4.33. The van der Waals surface area contributed by atoms with Crippen molar-refractivity contribution >= 4 is 34.9 Å². The molecule has 1 heterocycles. The maximum Gasteiger partial charge on any atom is 0.335 e. The molecule has 0 aliphatic carbocycles. The molecule has 0 fully saturated rings. The highest BCUT2D eigenvalue weighted by atomic mass is 35.5. The van der Waals surface area contributed by atoms with Gasteiger partial charge >= 0.3 is 5.97 Å². The Hall–Kier alpha value is -2.73. The lowest BCUT2D eigenvalue weighted by molar-refractivity contribution is -0.144. The van der Waals surface area contributed by atoms with Crippen molar-refractivity contribution in [2.45, 2.75) is 33.2 Å². The monoisotopic (exact) mass is 386 g/mol. The van der Waals surface area contributed by atoms with Gasteiger partial charge in [0.15, 0.2) is 0 Å². The zero-order valence-corrected chi connectivity index (χ0v) is 16.2. The fourth-order valence-corrected chi connectivity index (χ4v) is 2.58. The lowest BCUT2D eigenvalue weighted by Crippen LogP contribution is -2.15. The molecule has 0 bridgehead atoms. The minimum atomic E-state index is -0.323. The zero-order chi connectivity index (χ0) is 18.4. The Morgan fingerprint density at radius 1 is 1.22 bits per heavy atom. The molecule has 7 heteroatoms. The summed E-state index contributed by atoms with van der Waals surface area (Å²) in [5.41, 5.74) is 1.51. The van der Waals surface area contributed by atoms with Crippen molar-refractivity contribution in [1.82, 2.24) is 14.8 Å². The van der Waals surface area contributed by atoms with E-state index in [1.165, 1.54) is 6.33 Å². The average Bonchev–Trinajstić information content (AvgIpc) is 3.17. The van der Waals surface area contributed by atoms with Crippen LogP contribution in [-0.2, 0) is 16.2 Å². The van der Waals surface area contributed by atoms with Crippen LogP contribution in [0.4, 0.5) is 0 Å². The summed E-state index contributed by atoms with van der Waals surface area (Å²) in [6, 6.07) is 14.1. The maximum absolute atomic E-state index is 12.0. The van der Waals surface area contributed by atoms with Crippen molar-refractivity contribution in [2.24, 2.45) is 11.1 Å². The van der Waals surface area contributed by atoms with Crippen LogP contribution in [0.15, 0.2) is 60.3 Å². The Kier molecular flexibility index (Phi) is 7.49. The van der Waals surface area contributed by atoms with Gasteiger partial charge in [-0.3, -0.25) is 0 Å². The molecular weight excluding hydrogens is 364 g/mol. The number of benzene rings is 2. The molecule has 0 amide bonds. The molecule has 1 atom stereocenters. The number of oxime groups is 1. The Labute approximate surface area is 164 Å². The topological polar surface area (TPSA) is 69.4 Å². The van der Waals surface area contributed by atoms with Gasteiger partial charge in [-0.2, -0.15) is 5.10 Å². The maximum atomic E-state index is 12.0. The predicted molar refractivity (Wildman–Crippen MR) is 108 cm³/mol. The summed E-state index contributed by atoms with van der Waals surface area (Å²) in [5, 5.41) is 10.5. The number of hydrogen-bond donors (Lipinski definition) is 0. The van der Waals surface area contributed by atoms with Crippen molar-refractivity contribution < 1.29 is 9.63 Å². The molecular formula is C20H23ClN4O2. The smallest absolute Gasteiger partial charge is 0.318 e. The van der Waals surface area contributed by atoms with Gasteiger partial charge in [-0.1, -0.05) is 61.8 Å². The second kappa shape index (κ2) is 9.83. The average molecular weight is 387 g/mol. The van der Waals surface area contributed by atoms with Gasteiger partial charge in [0, 0.05) is 5.56 Å². The van der Waals surface area contributed by atoms with E-state index >= 15 is 0 Å². The summed E-state index contributed by atoms with van der Waals surface area (Å²) in [6.45, 7) is 4.44. The van der Waals surface area contributed by atoms with Crippen LogP contribution in [0.25, 0.3) is 10.8 Å². The quantitative estimate of drug-likeness (QED) is 0.346. The Balaban J connectivity index is 0.00000261. The lowest BCUT2D eigenvalue weighted by Gasteiger charge is -2.09. The van der Waals surface area contributed by atoms with E-state index in [1.54, 1.807) is 11.0 Å². The molecule has 0 radical (unpaired) electrons. The van der Waals surface area contributed by atoms with Gasteiger partial charge in [-0.15, -0.1) is 12.4 Å². The van der Waals surface area contributed by atoms with E-state index in [4.69, 9.17) is 4.84 Å². The second-order valence-electron chi connectivity index (χ2n) is 6.37. The second-order valence-corrected chi connectivity index (χ2v) is 6.37. The van der Waals surface area contributed by atoms with E-state index in [2.05, 4.69) is 21.3 Å². The normalized spacial score (nSPS) is 12.4. The number of carbonyl (C=O) groups excluding carboxylic acids is 1. The SMILES string of the molecule is CCC(C)CC(=O)O/N=C(\Cn1cncn1)c1ccc2ccccc2c1.Cl. The number of aromatic nitrogens is 3. The molecule has 3 aromatic rings. The summed E-state index contributed by atoms with van der Waals surface area (Å²) in [5.74, 6) is -0.0478. The summed E-state index contributed by atoms with van der Waals surface area (Å²) in [7, 11) is 0. The highest BCUT2D eigenvalue weighted by molar-refractivity contribution is 6.03. The molecule has 0 saturated carbocycles. The van der Waals surface area contributed by atoms with Crippen molar-refractivity contribution in [3.8, 4) is 0 Å². The van der Waals surface area contributed by atoms with Crippen LogP contribution in [0.2, 0.25) is 0 Å². The summed E-state index contributed by atoms with van der Waals surface area (Å²) >= 11 is 0. The third kappa shape index (κ3) is 5.62. The number of halogens is 1. The largest absolute Gasteiger partial charge is 0.335 e. The molecule has 27 heavy (non-hydrogen) atoms. The summed E-state index contributed by atoms with van der Waals surface area (Å²) in [4.78, 5) is 21.1. The first-order chi connectivity index (χ1) is 12.7. The number of hydrogen-bond acceptors (Lipinski definition) is 5. The molecule has 2 aromatic carbocycles. The molecule has 1 unspecified atom stereocenters. The molecule has 3 rings (SSSR count).